The Kier molecular flexibility index (Phi) is 4.70. The second-order valence-electron chi connectivity index (χ2n) is 4.91. The van der Waals surface area contributed by atoms with Crippen molar-refractivity contribution in [1.82, 2.24) is 4.31 Å². The number of nitrogens with zero attached hydrogens (tertiary/aromatic N) is 1. The van der Waals surface area contributed by atoms with E-state index in [2.05, 4.69) is 15.9 Å². The van der Waals surface area contributed by atoms with Crippen LogP contribution in [-0.4, -0.2) is 19.8 Å². The van der Waals surface area contributed by atoms with Crippen molar-refractivity contribution in [2.45, 2.75) is 18.4 Å². The second kappa shape index (κ2) is 6.17. The molecule has 0 unspecified atom stereocenters. The van der Waals surface area contributed by atoms with Crippen LogP contribution in [0.2, 0.25) is 0 Å². The molecule has 0 aliphatic carbocycles. The van der Waals surface area contributed by atoms with E-state index in [1.807, 2.05) is 31.2 Å². The van der Waals surface area contributed by atoms with Crippen LogP contribution in [0.4, 0.5) is 5.69 Å². The molecule has 0 amide bonds. The number of nitrogens with two attached hydrogens (primary N) is 1. The summed E-state index contributed by atoms with van der Waals surface area (Å²) >= 11 is 3.38. The zero-order valence-electron chi connectivity index (χ0n) is 11.9. The van der Waals surface area contributed by atoms with Crippen molar-refractivity contribution in [2.75, 3.05) is 12.8 Å². The molecular formula is C15H17BrN2O2S. The summed E-state index contributed by atoms with van der Waals surface area (Å²) in [5.41, 5.74) is 8.06. The van der Waals surface area contributed by atoms with Crippen LogP contribution >= 0.6 is 15.9 Å². The number of benzene rings is 2. The maximum atomic E-state index is 12.5. The SMILES string of the molecule is Cc1ccc(S(=O)(=O)N(C)Cc2cccc(Br)c2)cc1N. The lowest BCUT2D eigenvalue weighted by molar-refractivity contribution is 0.466. The minimum absolute atomic E-state index is 0.211. The summed E-state index contributed by atoms with van der Waals surface area (Å²) in [6, 6.07) is 12.4. The predicted molar refractivity (Wildman–Crippen MR) is 88.4 cm³/mol. The monoisotopic (exact) mass is 368 g/mol. The average molecular weight is 369 g/mol. The van der Waals surface area contributed by atoms with Gasteiger partial charge in [0.15, 0.2) is 0 Å². The lowest BCUT2D eigenvalue weighted by atomic mass is 10.2. The largest absolute Gasteiger partial charge is 0.398 e. The van der Waals surface area contributed by atoms with E-state index in [0.717, 1.165) is 15.6 Å². The lowest BCUT2D eigenvalue weighted by Crippen LogP contribution is -2.26. The van der Waals surface area contributed by atoms with Crippen molar-refractivity contribution in [3.05, 3.63) is 58.1 Å². The molecule has 112 valence electrons. The van der Waals surface area contributed by atoms with Crippen LogP contribution in [0, 0.1) is 6.92 Å². The maximum Gasteiger partial charge on any atom is 0.243 e. The molecule has 0 aromatic heterocycles. The Balaban J connectivity index is 2.28. The van der Waals surface area contributed by atoms with Crippen LogP contribution in [-0.2, 0) is 16.6 Å². The topological polar surface area (TPSA) is 63.4 Å². The molecule has 0 aliphatic heterocycles. The molecule has 2 aromatic rings. The molecule has 0 spiro atoms. The average Bonchev–Trinajstić information content (AvgIpc) is 2.41. The van der Waals surface area contributed by atoms with Gasteiger partial charge in [-0.15, -0.1) is 0 Å². The Labute approximate surface area is 133 Å². The third kappa shape index (κ3) is 3.64. The van der Waals surface area contributed by atoms with Crippen molar-refractivity contribution < 1.29 is 8.42 Å². The summed E-state index contributed by atoms with van der Waals surface area (Å²) < 4.78 is 27.3. The van der Waals surface area contributed by atoms with E-state index in [4.69, 9.17) is 5.73 Å². The first-order chi connectivity index (χ1) is 9.80. The summed E-state index contributed by atoms with van der Waals surface area (Å²) in [7, 11) is -1.99. The third-order valence-electron chi connectivity index (χ3n) is 3.25. The van der Waals surface area contributed by atoms with Crippen molar-refractivity contribution in [3.63, 3.8) is 0 Å². The van der Waals surface area contributed by atoms with Crippen molar-refractivity contribution >= 4 is 31.6 Å². The molecule has 2 rings (SSSR count). The van der Waals surface area contributed by atoms with E-state index >= 15 is 0 Å². The van der Waals surface area contributed by atoms with Crippen LogP contribution in [0.3, 0.4) is 0 Å². The van der Waals surface area contributed by atoms with Gasteiger partial charge in [0.1, 0.15) is 0 Å². The molecule has 0 heterocycles. The van der Waals surface area contributed by atoms with E-state index in [0.29, 0.717) is 12.2 Å². The zero-order valence-corrected chi connectivity index (χ0v) is 14.3. The van der Waals surface area contributed by atoms with Crippen LogP contribution in [0.5, 0.6) is 0 Å². The van der Waals surface area contributed by atoms with Crippen LogP contribution in [0.15, 0.2) is 51.8 Å². The van der Waals surface area contributed by atoms with E-state index in [1.54, 1.807) is 19.2 Å². The molecule has 0 aliphatic rings. The number of hydrogen-bond donors (Lipinski definition) is 1. The van der Waals surface area contributed by atoms with Gasteiger partial charge in [-0.3, -0.25) is 0 Å². The molecular weight excluding hydrogens is 352 g/mol. The van der Waals surface area contributed by atoms with Crippen molar-refractivity contribution in [2.24, 2.45) is 0 Å². The minimum atomic E-state index is -3.55. The zero-order chi connectivity index (χ0) is 15.6. The highest BCUT2D eigenvalue weighted by molar-refractivity contribution is 9.10. The highest BCUT2D eigenvalue weighted by Gasteiger charge is 2.21. The van der Waals surface area contributed by atoms with Gasteiger partial charge in [-0.25, -0.2) is 8.42 Å². The van der Waals surface area contributed by atoms with Gasteiger partial charge in [0.2, 0.25) is 10.0 Å². The van der Waals surface area contributed by atoms with Gasteiger partial charge in [-0.2, -0.15) is 4.31 Å². The van der Waals surface area contributed by atoms with Gasteiger partial charge in [0.05, 0.1) is 4.90 Å². The van der Waals surface area contributed by atoms with Crippen LogP contribution < -0.4 is 5.73 Å². The number of hydrogen-bond acceptors (Lipinski definition) is 3. The lowest BCUT2D eigenvalue weighted by Gasteiger charge is -2.18. The molecule has 2 N–H and O–H groups in total. The number of anilines is 1. The number of nitrogen functional groups attached to an aromatic ring is 1. The molecule has 0 saturated carbocycles. The Hall–Kier alpha value is -1.37. The Morgan fingerprint density at radius 3 is 2.52 bits per heavy atom. The molecule has 2 aromatic carbocycles. The van der Waals surface area contributed by atoms with Crippen molar-refractivity contribution in [3.8, 4) is 0 Å². The molecule has 4 nitrogen and oxygen atoms in total. The number of halogens is 1. The van der Waals surface area contributed by atoms with Gasteiger partial charge in [0, 0.05) is 23.8 Å². The van der Waals surface area contributed by atoms with Gasteiger partial charge < -0.3 is 5.73 Å². The van der Waals surface area contributed by atoms with E-state index < -0.39 is 10.0 Å². The molecule has 21 heavy (non-hydrogen) atoms. The Morgan fingerprint density at radius 1 is 1.19 bits per heavy atom. The first-order valence-electron chi connectivity index (χ1n) is 6.37. The smallest absolute Gasteiger partial charge is 0.243 e. The Bertz CT molecular complexity index is 760. The van der Waals surface area contributed by atoms with Crippen molar-refractivity contribution in [1.29, 1.82) is 0 Å². The number of aryl methyl sites for hydroxylation is 1. The Morgan fingerprint density at radius 2 is 1.90 bits per heavy atom. The highest BCUT2D eigenvalue weighted by Crippen LogP contribution is 2.22. The molecule has 0 radical (unpaired) electrons. The fraction of sp³-hybridized carbons (Fsp3) is 0.200. The fourth-order valence-corrected chi connectivity index (χ4v) is 3.58. The second-order valence-corrected chi connectivity index (χ2v) is 7.87. The standard InChI is InChI=1S/C15H17BrN2O2S/c1-11-6-7-14(9-15(11)17)21(19,20)18(2)10-12-4-3-5-13(16)8-12/h3-9H,10,17H2,1-2H3. The quantitative estimate of drug-likeness (QED) is 0.842. The van der Waals surface area contributed by atoms with Gasteiger partial charge in [0.25, 0.3) is 0 Å². The highest BCUT2D eigenvalue weighted by atomic mass is 79.9. The summed E-state index contributed by atoms with van der Waals surface area (Å²) in [5.74, 6) is 0. The molecule has 0 atom stereocenters. The first kappa shape index (κ1) is 16.0. The molecule has 6 heteroatoms. The molecule has 0 fully saturated rings. The van der Waals surface area contributed by atoms with Gasteiger partial charge in [-0.05, 0) is 42.3 Å². The fourth-order valence-electron chi connectivity index (χ4n) is 1.94. The first-order valence-corrected chi connectivity index (χ1v) is 8.61. The van der Waals surface area contributed by atoms with Gasteiger partial charge >= 0.3 is 0 Å². The third-order valence-corrected chi connectivity index (χ3v) is 5.55. The summed E-state index contributed by atoms with van der Waals surface area (Å²) in [4.78, 5) is 0.211. The number of rotatable bonds is 4. The van der Waals surface area contributed by atoms with E-state index in [-0.39, 0.29) is 4.90 Å². The predicted octanol–water partition coefficient (Wildman–Crippen LogP) is 3.16. The van der Waals surface area contributed by atoms with Crippen LogP contribution in [0.25, 0.3) is 0 Å². The van der Waals surface area contributed by atoms with Gasteiger partial charge in [-0.1, -0.05) is 34.1 Å². The maximum absolute atomic E-state index is 12.5. The summed E-state index contributed by atoms with van der Waals surface area (Å²) in [5, 5.41) is 0. The van der Waals surface area contributed by atoms with Crippen LogP contribution in [0.1, 0.15) is 11.1 Å². The minimum Gasteiger partial charge on any atom is -0.398 e. The number of sulfonamides is 1. The van der Waals surface area contributed by atoms with E-state index in [1.165, 1.54) is 10.4 Å². The van der Waals surface area contributed by atoms with E-state index in [9.17, 15) is 8.42 Å². The summed E-state index contributed by atoms with van der Waals surface area (Å²) in [6.07, 6.45) is 0. The normalized spacial score (nSPS) is 11.8. The molecule has 0 bridgehead atoms. The molecule has 0 saturated heterocycles. The summed E-state index contributed by atoms with van der Waals surface area (Å²) in [6.45, 7) is 2.15.